The van der Waals surface area contributed by atoms with E-state index in [9.17, 15) is 9.59 Å². The quantitative estimate of drug-likeness (QED) is 0.907. The van der Waals surface area contributed by atoms with Gasteiger partial charge in [0.2, 0.25) is 5.91 Å². The topological polar surface area (TPSA) is 59.6 Å². The van der Waals surface area contributed by atoms with Crippen molar-refractivity contribution >= 4 is 11.8 Å². The number of hydrogen-bond donors (Lipinski definition) is 1. The third-order valence-corrected chi connectivity index (χ3v) is 5.38. The van der Waals surface area contributed by atoms with Gasteiger partial charge >= 0.3 is 0 Å². The van der Waals surface area contributed by atoms with Crippen molar-refractivity contribution in [1.29, 1.82) is 0 Å². The molecule has 0 spiro atoms. The van der Waals surface area contributed by atoms with Crippen LogP contribution in [0.1, 0.15) is 36.5 Å². The summed E-state index contributed by atoms with van der Waals surface area (Å²) < 4.78 is 0. The summed E-state index contributed by atoms with van der Waals surface area (Å²) in [6.07, 6.45) is 6.01. The fraction of sp³-hybridized carbons (Fsp3) is 0.667. The van der Waals surface area contributed by atoms with Gasteiger partial charge in [0.1, 0.15) is 0 Å². The molecule has 2 fully saturated rings. The molecule has 0 unspecified atom stereocenters. The lowest BCUT2D eigenvalue weighted by molar-refractivity contribution is -0.134. The van der Waals surface area contributed by atoms with E-state index in [0.29, 0.717) is 18.2 Å². The van der Waals surface area contributed by atoms with Gasteiger partial charge < -0.3 is 19.7 Å². The summed E-state index contributed by atoms with van der Waals surface area (Å²) in [5.74, 6) is 0.801. The van der Waals surface area contributed by atoms with E-state index in [1.54, 1.807) is 12.4 Å². The summed E-state index contributed by atoms with van der Waals surface area (Å²) >= 11 is 0. The maximum Gasteiger partial charge on any atom is 0.255 e. The summed E-state index contributed by atoms with van der Waals surface area (Å²) in [5.41, 5.74) is 0.721. The molecule has 24 heavy (non-hydrogen) atoms. The lowest BCUT2D eigenvalue weighted by atomic mass is 9.92. The second kappa shape index (κ2) is 7.83. The zero-order valence-corrected chi connectivity index (χ0v) is 14.5. The van der Waals surface area contributed by atoms with Gasteiger partial charge in [0.25, 0.3) is 5.91 Å². The van der Waals surface area contributed by atoms with E-state index in [1.807, 2.05) is 15.9 Å². The van der Waals surface area contributed by atoms with Gasteiger partial charge in [0.15, 0.2) is 0 Å². The third kappa shape index (κ3) is 3.98. The molecule has 0 bridgehead atoms. The molecule has 0 atom stereocenters. The minimum Gasteiger partial charge on any atom is -0.367 e. The number of carbonyl (C=O) groups excluding carboxylic acids is 2. The third-order valence-electron chi connectivity index (χ3n) is 5.38. The molecule has 6 heteroatoms. The van der Waals surface area contributed by atoms with Crippen LogP contribution in [0.4, 0.5) is 0 Å². The number of nitrogens with zero attached hydrogens (tertiary/aromatic N) is 3. The van der Waals surface area contributed by atoms with Crippen molar-refractivity contribution in [3.63, 3.8) is 0 Å². The molecule has 1 aromatic heterocycles. The zero-order chi connectivity index (χ0) is 16.9. The Morgan fingerprint density at radius 1 is 1.08 bits per heavy atom. The summed E-state index contributed by atoms with van der Waals surface area (Å²) in [7, 11) is 0. The second-order valence-electron chi connectivity index (χ2n) is 6.85. The highest BCUT2D eigenvalue weighted by atomic mass is 16.2. The summed E-state index contributed by atoms with van der Waals surface area (Å²) in [4.78, 5) is 34.0. The number of piperazine rings is 1. The van der Waals surface area contributed by atoms with Gasteiger partial charge in [-0.15, -0.1) is 0 Å². The number of aromatic amines is 1. The Hall–Kier alpha value is -1.82. The van der Waals surface area contributed by atoms with Gasteiger partial charge in [-0.1, -0.05) is 6.92 Å². The second-order valence-corrected chi connectivity index (χ2v) is 6.85. The smallest absolute Gasteiger partial charge is 0.255 e. The van der Waals surface area contributed by atoms with Gasteiger partial charge in [0, 0.05) is 58.1 Å². The number of likely N-dealkylation sites (N-methyl/N-ethyl adjacent to an activating group) is 1. The lowest BCUT2D eigenvalue weighted by Crippen LogP contribution is -2.49. The van der Waals surface area contributed by atoms with Gasteiger partial charge in [-0.3, -0.25) is 9.59 Å². The van der Waals surface area contributed by atoms with Gasteiger partial charge in [0.05, 0.1) is 5.56 Å². The number of amides is 2. The number of hydrogen-bond acceptors (Lipinski definition) is 3. The van der Waals surface area contributed by atoms with Crippen LogP contribution in [-0.2, 0) is 4.79 Å². The molecule has 6 nitrogen and oxygen atoms in total. The molecule has 3 rings (SSSR count). The van der Waals surface area contributed by atoms with Crippen molar-refractivity contribution in [2.75, 3.05) is 45.8 Å². The van der Waals surface area contributed by atoms with E-state index in [-0.39, 0.29) is 5.91 Å². The van der Waals surface area contributed by atoms with Crippen molar-refractivity contribution in [1.82, 2.24) is 19.7 Å². The minimum absolute atomic E-state index is 0.0942. The first-order valence-corrected chi connectivity index (χ1v) is 9.09. The Bertz CT molecular complexity index is 541. The number of likely N-dealkylation sites (tertiary alicyclic amines) is 1. The average Bonchev–Trinajstić information content (AvgIpc) is 3.16. The van der Waals surface area contributed by atoms with Crippen LogP contribution in [0, 0.1) is 5.92 Å². The molecule has 2 amide bonds. The first kappa shape index (κ1) is 17.0. The predicted molar refractivity (Wildman–Crippen MR) is 92.7 cm³/mol. The molecule has 3 heterocycles. The molecule has 0 saturated carbocycles. The first-order chi connectivity index (χ1) is 11.7. The lowest BCUT2D eigenvalue weighted by Gasteiger charge is -2.36. The SMILES string of the molecule is CCN1CCN(C(=O)CC2CCN(C(=O)c3cc[nH]c3)CC2)CC1. The van der Waals surface area contributed by atoms with Crippen molar-refractivity contribution in [2.45, 2.75) is 26.2 Å². The molecule has 2 aliphatic heterocycles. The molecular formula is C18H28N4O2. The molecule has 1 N–H and O–H groups in total. The van der Waals surface area contributed by atoms with E-state index in [1.165, 1.54) is 0 Å². The number of rotatable bonds is 4. The highest BCUT2D eigenvalue weighted by Gasteiger charge is 2.27. The van der Waals surface area contributed by atoms with Crippen LogP contribution in [-0.4, -0.2) is 77.3 Å². The van der Waals surface area contributed by atoms with Crippen LogP contribution in [0.3, 0.4) is 0 Å². The zero-order valence-electron chi connectivity index (χ0n) is 14.5. The van der Waals surface area contributed by atoms with Crippen molar-refractivity contribution < 1.29 is 9.59 Å². The normalized spacial score (nSPS) is 20.4. The number of piperidine rings is 1. The summed E-state index contributed by atoms with van der Waals surface area (Å²) in [5, 5.41) is 0. The molecule has 2 aliphatic rings. The fourth-order valence-corrected chi connectivity index (χ4v) is 3.67. The Morgan fingerprint density at radius 3 is 2.38 bits per heavy atom. The predicted octanol–water partition coefficient (Wildman–Crippen LogP) is 1.42. The summed E-state index contributed by atoms with van der Waals surface area (Å²) in [6.45, 7) is 8.44. The van der Waals surface area contributed by atoms with E-state index in [2.05, 4.69) is 16.8 Å². The standard InChI is InChI=1S/C18H28N4O2/c1-2-20-9-11-21(12-10-20)17(23)13-15-4-7-22(8-5-15)18(24)16-3-6-19-14-16/h3,6,14-15,19H,2,4-5,7-13H2,1H3. The van der Waals surface area contributed by atoms with Crippen LogP contribution in [0.5, 0.6) is 0 Å². The Kier molecular flexibility index (Phi) is 5.56. The van der Waals surface area contributed by atoms with E-state index in [4.69, 9.17) is 0 Å². The van der Waals surface area contributed by atoms with Crippen molar-refractivity contribution in [3.05, 3.63) is 24.0 Å². The van der Waals surface area contributed by atoms with E-state index < -0.39 is 0 Å². The molecule has 1 aromatic rings. The highest BCUT2D eigenvalue weighted by molar-refractivity contribution is 5.94. The van der Waals surface area contributed by atoms with Crippen molar-refractivity contribution in [2.24, 2.45) is 5.92 Å². The molecule has 0 radical (unpaired) electrons. The molecule has 2 saturated heterocycles. The van der Waals surface area contributed by atoms with Crippen LogP contribution in [0.2, 0.25) is 0 Å². The van der Waals surface area contributed by atoms with E-state index >= 15 is 0 Å². The fourth-order valence-electron chi connectivity index (χ4n) is 3.67. The monoisotopic (exact) mass is 332 g/mol. The van der Waals surface area contributed by atoms with Crippen LogP contribution in [0.15, 0.2) is 18.5 Å². The Balaban J connectivity index is 1.42. The number of carbonyl (C=O) groups is 2. The molecular weight excluding hydrogens is 304 g/mol. The largest absolute Gasteiger partial charge is 0.367 e. The Labute approximate surface area is 143 Å². The van der Waals surface area contributed by atoms with Crippen LogP contribution < -0.4 is 0 Å². The average molecular weight is 332 g/mol. The number of aromatic nitrogens is 1. The van der Waals surface area contributed by atoms with Crippen LogP contribution in [0.25, 0.3) is 0 Å². The van der Waals surface area contributed by atoms with Gasteiger partial charge in [-0.25, -0.2) is 0 Å². The molecule has 0 aliphatic carbocycles. The van der Waals surface area contributed by atoms with Gasteiger partial charge in [-0.05, 0) is 31.4 Å². The van der Waals surface area contributed by atoms with Crippen molar-refractivity contribution in [3.8, 4) is 0 Å². The number of nitrogens with one attached hydrogen (secondary N) is 1. The molecule has 0 aromatic carbocycles. The highest BCUT2D eigenvalue weighted by Crippen LogP contribution is 2.23. The maximum atomic E-state index is 12.5. The van der Waals surface area contributed by atoms with E-state index in [0.717, 1.165) is 64.2 Å². The molecule has 132 valence electrons. The maximum absolute atomic E-state index is 12.5. The van der Waals surface area contributed by atoms with Gasteiger partial charge in [-0.2, -0.15) is 0 Å². The number of H-pyrrole nitrogens is 1. The minimum atomic E-state index is 0.0942. The first-order valence-electron chi connectivity index (χ1n) is 9.09. The van der Waals surface area contributed by atoms with Crippen LogP contribution >= 0.6 is 0 Å². The Morgan fingerprint density at radius 2 is 1.79 bits per heavy atom. The summed E-state index contributed by atoms with van der Waals surface area (Å²) in [6, 6.07) is 1.81.